The van der Waals surface area contributed by atoms with Gasteiger partial charge in [-0.05, 0) is 30.7 Å². The third-order valence-electron chi connectivity index (χ3n) is 5.37. The Morgan fingerprint density at radius 1 is 1.31 bits per heavy atom. The molecule has 0 radical (unpaired) electrons. The second kappa shape index (κ2) is 9.21. The number of methoxy groups -OCH3 is 1. The summed E-state index contributed by atoms with van der Waals surface area (Å²) in [4.78, 5) is 36.3. The molecule has 2 aromatic rings. The molecule has 168 valence electrons. The van der Waals surface area contributed by atoms with E-state index in [1.807, 2.05) is 11.9 Å². The van der Waals surface area contributed by atoms with Crippen LogP contribution in [0.2, 0.25) is 0 Å². The molecule has 0 bridgehead atoms. The number of carbonyl (C=O) groups is 2. The molecule has 1 fully saturated rings. The van der Waals surface area contributed by atoms with Gasteiger partial charge in [0.05, 0.1) is 25.9 Å². The molecule has 1 aromatic carbocycles. The van der Waals surface area contributed by atoms with E-state index in [0.717, 1.165) is 0 Å². The molecule has 10 heteroatoms. The fourth-order valence-electron chi connectivity index (χ4n) is 3.56. The molecule has 9 nitrogen and oxygen atoms in total. The zero-order chi connectivity index (χ0) is 22.7. The van der Waals surface area contributed by atoms with Crippen LogP contribution in [-0.2, 0) is 19.1 Å². The molecule has 3 heterocycles. The predicted molar refractivity (Wildman–Crippen MR) is 114 cm³/mol. The van der Waals surface area contributed by atoms with E-state index in [4.69, 9.17) is 9.57 Å². The number of aromatic nitrogens is 1. The lowest BCUT2D eigenvalue weighted by Crippen LogP contribution is -2.34. The maximum atomic E-state index is 14.9. The number of likely N-dealkylation sites (N-methyl/N-ethyl adjacent to an activating group) is 1. The Kier molecular flexibility index (Phi) is 6.20. The maximum absolute atomic E-state index is 14.9. The smallest absolute Gasteiger partial charge is 0.414 e. The number of pyridine rings is 1. The minimum absolute atomic E-state index is 0.146. The largest absolute Gasteiger partial charge is 0.469 e. The van der Waals surface area contributed by atoms with Crippen molar-refractivity contribution < 1.29 is 28.3 Å². The molecule has 2 aliphatic rings. The van der Waals surface area contributed by atoms with Gasteiger partial charge in [-0.25, -0.2) is 9.18 Å². The Balaban J connectivity index is 1.47. The lowest BCUT2D eigenvalue weighted by molar-refractivity contribution is -0.141. The van der Waals surface area contributed by atoms with Crippen LogP contribution in [0.4, 0.5) is 14.9 Å². The first-order chi connectivity index (χ1) is 15.5. The van der Waals surface area contributed by atoms with E-state index in [9.17, 15) is 14.0 Å². The van der Waals surface area contributed by atoms with E-state index in [0.29, 0.717) is 47.9 Å². The number of nitrogens with zero attached hydrogens (tertiary/aromatic N) is 4. The molecule has 32 heavy (non-hydrogen) atoms. The second-order valence-electron chi connectivity index (χ2n) is 7.50. The standard InChI is InChI=1S/C22H23FN4O5/c1-26-9-10-31-25-21(26)19-7-3-14(12-24-19)17-6-4-15(11-18(17)23)27-13-16(32-22(27)29)5-8-20(28)30-2/h3-4,6-7,11-12,16H,5,8-10,13H2,1-2H3/t16-/m0/s1. The van der Waals surface area contributed by atoms with Gasteiger partial charge in [0.1, 0.15) is 24.2 Å². The van der Waals surface area contributed by atoms with E-state index >= 15 is 0 Å². The number of amidine groups is 1. The van der Waals surface area contributed by atoms with Crippen LogP contribution < -0.4 is 4.90 Å². The fraction of sp³-hybridized carbons (Fsp3) is 0.364. The zero-order valence-electron chi connectivity index (χ0n) is 17.8. The number of oxime groups is 1. The third kappa shape index (κ3) is 4.48. The van der Waals surface area contributed by atoms with Crippen LogP contribution >= 0.6 is 0 Å². The van der Waals surface area contributed by atoms with Crippen molar-refractivity contribution in [3.05, 3.63) is 48.0 Å². The van der Waals surface area contributed by atoms with Crippen molar-refractivity contribution in [2.75, 3.05) is 38.8 Å². The van der Waals surface area contributed by atoms with Crippen LogP contribution in [0.1, 0.15) is 18.5 Å². The quantitative estimate of drug-likeness (QED) is 0.635. The summed E-state index contributed by atoms with van der Waals surface area (Å²) in [5, 5.41) is 4.03. The molecule has 0 unspecified atom stereocenters. The topological polar surface area (TPSA) is 93.6 Å². The van der Waals surface area contributed by atoms with Crippen LogP contribution in [-0.4, -0.2) is 67.7 Å². The summed E-state index contributed by atoms with van der Waals surface area (Å²) in [6.07, 6.45) is 1.04. The Morgan fingerprint density at radius 2 is 2.16 bits per heavy atom. The van der Waals surface area contributed by atoms with Gasteiger partial charge in [-0.3, -0.25) is 14.7 Å². The highest BCUT2D eigenvalue weighted by molar-refractivity contribution is 5.97. The van der Waals surface area contributed by atoms with Gasteiger partial charge in [-0.2, -0.15) is 0 Å². The number of rotatable bonds is 6. The van der Waals surface area contributed by atoms with Gasteiger partial charge in [-0.15, -0.1) is 0 Å². The molecule has 0 aliphatic carbocycles. The Morgan fingerprint density at radius 3 is 2.84 bits per heavy atom. The number of amides is 1. The number of hydrogen-bond acceptors (Lipinski definition) is 8. The average Bonchev–Trinajstić information content (AvgIpc) is 3.18. The summed E-state index contributed by atoms with van der Waals surface area (Å²) in [6, 6.07) is 8.07. The van der Waals surface area contributed by atoms with Gasteiger partial charge < -0.3 is 19.2 Å². The van der Waals surface area contributed by atoms with Crippen LogP contribution in [0.25, 0.3) is 11.1 Å². The zero-order valence-corrected chi connectivity index (χ0v) is 17.8. The molecule has 0 N–H and O–H groups in total. The van der Waals surface area contributed by atoms with Crippen LogP contribution in [0.15, 0.2) is 41.7 Å². The molecular weight excluding hydrogens is 419 g/mol. The molecule has 4 rings (SSSR count). The average molecular weight is 442 g/mol. The van der Waals surface area contributed by atoms with Crippen molar-refractivity contribution in [1.82, 2.24) is 9.88 Å². The summed E-state index contributed by atoms with van der Waals surface area (Å²) < 4.78 is 24.8. The normalized spacial score (nSPS) is 18.2. The van der Waals surface area contributed by atoms with Crippen molar-refractivity contribution in [1.29, 1.82) is 0 Å². The van der Waals surface area contributed by atoms with E-state index in [1.54, 1.807) is 30.5 Å². The molecule has 1 amide bonds. The molecule has 0 spiro atoms. The minimum Gasteiger partial charge on any atom is -0.469 e. The number of anilines is 1. The highest BCUT2D eigenvalue weighted by Crippen LogP contribution is 2.29. The van der Waals surface area contributed by atoms with E-state index < -0.39 is 18.0 Å². The predicted octanol–water partition coefficient (Wildman–Crippen LogP) is 2.79. The van der Waals surface area contributed by atoms with Gasteiger partial charge in [0.2, 0.25) is 0 Å². The Hall–Kier alpha value is -3.69. The number of cyclic esters (lactones) is 1. The number of benzene rings is 1. The number of hydrogen-bond donors (Lipinski definition) is 0. The molecule has 1 saturated heterocycles. The molecule has 1 aromatic heterocycles. The Labute approximate surface area is 184 Å². The van der Waals surface area contributed by atoms with E-state index in [2.05, 4.69) is 14.9 Å². The molecule has 0 saturated carbocycles. The minimum atomic E-state index is -0.572. The number of ether oxygens (including phenoxy) is 2. The van der Waals surface area contributed by atoms with Gasteiger partial charge >= 0.3 is 12.1 Å². The molecule has 1 atom stereocenters. The number of halogens is 1. The summed E-state index contributed by atoms with van der Waals surface area (Å²) >= 11 is 0. The van der Waals surface area contributed by atoms with Gasteiger partial charge in [0, 0.05) is 30.8 Å². The van der Waals surface area contributed by atoms with Gasteiger partial charge in [0.25, 0.3) is 0 Å². The van der Waals surface area contributed by atoms with Crippen molar-refractivity contribution in [3.8, 4) is 11.1 Å². The van der Waals surface area contributed by atoms with Crippen LogP contribution in [0.5, 0.6) is 0 Å². The summed E-state index contributed by atoms with van der Waals surface area (Å²) in [5.41, 5.74) is 1.97. The number of esters is 1. The van der Waals surface area contributed by atoms with Gasteiger partial charge in [0.15, 0.2) is 5.84 Å². The number of carbonyl (C=O) groups excluding carboxylic acids is 2. The van der Waals surface area contributed by atoms with E-state index in [-0.39, 0.29) is 18.9 Å². The fourth-order valence-corrected chi connectivity index (χ4v) is 3.56. The van der Waals surface area contributed by atoms with Crippen molar-refractivity contribution >= 4 is 23.6 Å². The van der Waals surface area contributed by atoms with Crippen LogP contribution in [0, 0.1) is 5.82 Å². The first-order valence-electron chi connectivity index (χ1n) is 10.2. The first-order valence-corrected chi connectivity index (χ1v) is 10.2. The van der Waals surface area contributed by atoms with Crippen LogP contribution in [0.3, 0.4) is 0 Å². The summed E-state index contributed by atoms with van der Waals surface area (Å²) in [5.74, 6) is -0.240. The lowest BCUT2D eigenvalue weighted by Gasteiger charge is -2.23. The Bertz CT molecular complexity index is 1040. The first kappa shape index (κ1) is 21.5. The van der Waals surface area contributed by atoms with Crippen molar-refractivity contribution in [2.24, 2.45) is 5.16 Å². The monoisotopic (exact) mass is 442 g/mol. The second-order valence-corrected chi connectivity index (χ2v) is 7.50. The molecular formula is C22H23FN4O5. The van der Waals surface area contributed by atoms with E-state index in [1.165, 1.54) is 18.1 Å². The van der Waals surface area contributed by atoms with Gasteiger partial charge in [-0.1, -0.05) is 11.2 Å². The maximum Gasteiger partial charge on any atom is 0.414 e. The summed E-state index contributed by atoms with van der Waals surface area (Å²) in [6.45, 7) is 1.47. The molecule has 2 aliphatic heterocycles. The van der Waals surface area contributed by atoms with Crippen molar-refractivity contribution in [2.45, 2.75) is 18.9 Å². The third-order valence-corrected chi connectivity index (χ3v) is 5.37. The highest BCUT2D eigenvalue weighted by Gasteiger charge is 2.33. The highest BCUT2D eigenvalue weighted by atomic mass is 19.1. The summed E-state index contributed by atoms with van der Waals surface area (Å²) in [7, 11) is 3.21. The SMILES string of the molecule is COC(=O)CC[C@H]1CN(c2ccc(-c3ccc(C4=NOCCN4C)nc3)c(F)c2)C(=O)O1. The van der Waals surface area contributed by atoms with Crippen molar-refractivity contribution in [3.63, 3.8) is 0 Å². The lowest BCUT2D eigenvalue weighted by atomic mass is 10.1.